The number of hydrogen-bond donors (Lipinski definition) is 1. The standard InChI is InChI=1S/C17H20N2O4/c1-13(20)18-15-7-5-14(6-8-15)17(21)19(9-11-22-2)12-16-4-3-10-23-16/h3-8,10H,9,11-12H2,1-2H3,(H,18,20). The smallest absolute Gasteiger partial charge is 0.254 e. The van der Waals surface area contributed by atoms with E-state index in [1.54, 1.807) is 48.6 Å². The zero-order chi connectivity index (χ0) is 16.7. The SMILES string of the molecule is COCCN(Cc1ccco1)C(=O)c1ccc(NC(C)=O)cc1. The van der Waals surface area contributed by atoms with E-state index in [1.807, 2.05) is 6.07 Å². The zero-order valence-electron chi connectivity index (χ0n) is 13.2. The molecule has 0 spiro atoms. The summed E-state index contributed by atoms with van der Waals surface area (Å²) in [6.07, 6.45) is 1.58. The van der Waals surface area contributed by atoms with Crippen molar-refractivity contribution in [2.45, 2.75) is 13.5 Å². The van der Waals surface area contributed by atoms with Gasteiger partial charge in [-0.05, 0) is 36.4 Å². The molecule has 1 heterocycles. The van der Waals surface area contributed by atoms with E-state index in [0.29, 0.717) is 36.7 Å². The van der Waals surface area contributed by atoms with Gasteiger partial charge in [0.1, 0.15) is 5.76 Å². The van der Waals surface area contributed by atoms with Crippen LogP contribution in [0.2, 0.25) is 0 Å². The van der Waals surface area contributed by atoms with Gasteiger partial charge in [-0.25, -0.2) is 0 Å². The van der Waals surface area contributed by atoms with Gasteiger partial charge >= 0.3 is 0 Å². The Morgan fingerprint density at radius 2 is 1.96 bits per heavy atom. The van der Waals surface area contributed by atoms with Gasteiger partial charge in [0, 0.05) is 31.8 Å². The number of rotatable bonds is 7. The molecule has 0 aliphatic carbocycles. The fraction of sp³-hybridized carbons (Fsp3) is 0.294. The highest BCUT2D eigenvalue weighted by Gasteiger charge is 2.17. The van der Waals surface area contributed by atoms with Crippen LogP contribution in [0.3, 0.4) is 0 Å². The van der Waals surface area contributed by atoms with Crippen LogP contribution >= 0.6 is 0 Å². The van der Waals surface area contributed by atoms with Crippen molar-refractivity contribution in [2.75, 3.05) is 25.6 Å². The summed E-state index contributed by atoms with van der Waals surface area (Å²) in [5, 5.41) is 2.67. The predicted molar refractivity (Wildman–Crippen MR) is 86.1 cm³/mol. The van der Waals surface area contributed by atoms with Crippen molar-refractivity contribution < 1.29 is 18.7 Å². The summed E-state index contributed by atoms with van der Waals surface area (Å²) in [6, 6.07) is 10.4. The van der Waals surface area contributed by atoms with Crippen molar-refractivity contribution >= 4 is 17.5 Å². The number of carbonyl (C=O) groups is 2. The lowest BCUT2D eigenvalue weighted by Crippen LogP contribution is -2.33. The van der Waals surface area contributed by atoms with Gasteiger partial charge < -0.3 is 19.4 Å². The highest BCUT2D eigenvalue weighted by atomic mass is 16.5. The van der Waals surface area contributed by atoms with E-state index in [2.05, 4.69) is 5.32 Å². The van der Waals surface area contributed by atoms with Crippen molar-refractivity contribution in [3.05, 3.63) is 54.0 Å². The van der Waals surface area contributed by atoms with Gasteiger partial charge in [0.2, 0.25) is 5.91 Å². The third kappa shape index (κ3) is 4.96. The molecule has 6 nitrogen and oxygen atoms in total. The summed E-state index contributed by atoms with van der Waals surface area (Å²) >= 11 is 0. The number of carbonyl (C=O) groups excluding carboxylic acids is 2. The van der Waals surface area contributed by atoms with Crippen LogP contribution in [0.4, 0.5) is 5.69 Å². The second-order valence-electron chi connectivity index (χ2n) is 5.06. The van der Waals surface area contributed by atoms with Gasteiger partial charge in [-0.3, -0.25) is 9.59 Å². The molecule has 6 heteroatoms. The molecule has 0 fully saturated rings. The van der Waals surface area contributed by atoms with Crippen molar-refractivity contribution in [1.29, 1.82) is 0 Å². The van der Waals surface area contributed by atoms with Crippen LogP contribution in [-0.4, -0.2) is 37.0 Å². The summed E-state index contributed by atoms with van der Waals surface area (Å²) in [6.45, 7) is 2.72. The third-order valence-electron chi connectivity index (χ3n) is 3.23. The molecular formula is C17H20N2O4. The molecule has 0 aliphatic heterocycles. The van der Waals surface area contributed by atoms with E-state index in [1.165, 1.54) is 6.92 Å². The van der Waals surface area contributed by atoms with Crippen molar-refractivity contribution in [1.82, 2.24) is 4.90 Å². The van der Waals surface area contributed by atoms with Gasteiger partial charge in [0.25, 0.3) is 5.91 Å². The lowest BCUT2D eigenvalue weighted by atomic mass is 10.1. The summed E-state index contributed by atoms with van der Waals surface area (Å²) in [5.41, 5.74) is 1.20. The quantitative estimate of drug-likeness (QED) is 0.852. The van der Waals surface area contributed by atoms with E-state index in [4.69, 9.17) is 9.15 Å². The van der Waals surface area contributed by atoms with Crippen molar-refractivity contribution in [3.63, 3.8) is 0 Å². The number of anilines is 1. The molecule has 0 radical (unpaired) electrons. The Labute approximate surface area is 135 Å². The van der Waals surface area contributed by atoms with Crippen LogP contribution in [0.1, 0.15) is 23.0 Å². The van der Waals surface area contributed by atoms with E-state index >= 15 is 0 Å². The number of methoxy groups -OCH3 is 1. The minimum Gasteiger partial charge on any atom is -0.467 e. The Kier molecular flexibility index (Phi) is 5.94. The highest BCUT2D eigenvalue weighted by molar-refractivity contribution is 5.95. The molecule has 23 heavy (non-hydrogen) atoms. The maximum Gasteiger partial charge on any atom is 0.254 e. The summed E-state index contributed by atoms with van der Waals surface area (Å²) in [4.78, 5) is 25.3. The van der Waals surface area contributed by atoms with Crippen LogP contribution < -0.4 is 5.32 Å². The maximum atomic E-state index is 12.7. The molecule has 122 valence electrons. The fourth-order valence-electron chi connectivity index (χ4n) is 2.13. The molecule has 2 amide bonds. The molecular weight excluding hydrogens is 296 g/mol. The van der Waals surface area contributed by atoms with Gasteiger partial charge in [-0.1, -0.05) is 0 Å². The first-order chi connectivity index (χ1) is 11.1. The van der Waals surface area contributed by atoms with Gasteiger partial charge in [0.15, 0.2) is 0 Å². The lowest BCUT2D eigenvalue weighted by Gasteiger charge is -2.21. The minimum atomic E-state index is -0.149. The Bertz CT molecular complexity index is 635. The first kappa shape index (κ1) is 16.8. The molecule has 1 N–H and O–H groups in total. The summed E-state index contributed by atoms with van der Waals surface area (Å²) < 4.78 is 10.4. The molecule has 0 aliphatic rings. The predicted octanol–water partition coefficient (Wildman–Crippen LogP) is 2.53. The first-order valence-electron chi connectivity index (χ1n) is 7.28. The topological polar surface area (TPSA) is 71.8 Å². The number of amides is 2. The first-order valence-corrected chi connectivity index (χ1v) is 7.28. The number of nitrogens with zero attached hydrogens (tertiary/aromatic N) is 1. The van der Waals surface area contributed by atoms with Gasteiger partial charge in [0.05, 0.1) is 19.4 Å². The van der Waals surface area contributed by atoms with E-state index < -0.39 is 0 Å². The summed E-state index contributed by atoms with van der Waals surface area (Å²) in [5.74, 6) is 0.445. The molecule has 2 rings (SSSR count). The van der Waals surface area contributed by atoms with Gasteiger partial charge in [-0.2, -0.15) is 0 Å². The summed E-state index contributed by atoms with van der Waals surface area (Å²) in [7, 11) is 1.60. The molecule has 0 unspecified atom stereocenters. The monoisotopic (exact) mass is 316 g/mol. The largest absolute Gasteiger partial charge is 0.467 e. The molecule has 0 saturated carbocycles. The lowest BCUT2D eigenvalue weighted by molar-refractivity contribution is -0.114. The number of ether oxygens (including phenoxy) is 1. The van der Waals surface area contributed by atoms with Crippen LogP contribution in [0.25, 0.3) is 0 Å². The van der Waals surface area contributed by atoms with Crippen molar-refractivity contribution in [3.8, 4) is 0 Å². The number of benzene rings is 1. The fourth-order valence-corrected chi connectivity index (χ4v) is 2.13. The molecule has 1 aromatic heterocycles. The maximum absolute atomic E-state index is 12.7. The van der Waals surface area contributed by atoms with E-state index in [0.717, 1.165) is 0 Å². The number of nitrogens with one attached hydrogen (secondary N) is 1. The van der Waals surface area contributed by atoms with E-state index in [9.17, 15) is 9.59 Å². The average Bonchev–Trinajstić information content (AvgIpc) is 3.04. The minimum absolute atomic E-state index is 0.118. The normalized spacial score (nSPS) is 10.3. The Morgan fingerprint density at radius 3 is 2.52 bits per heavy atom. The molecule has 2 aromatic rings. The van der Waals surface area contributed by atoms with Gasteiger partial charge in [-0.15, -0.1) is 0 Å². The average molecular weight is 316 g/mol. The Morgan fingerprint density at radius 1 is 1.22 bits per heavy atom. The molecule has 1 aromatic carbocycles. The Balaban J connectivity index is 2.10. The van der Waals surface area contributed by atoms with Crippen LogP contribution in [-0.2, 0) is 16.1 Å². The number of hydrogen-bond acceptors (Lipinski definition) is 4. The highest BCUT2D eigenvalue weighted by Crippen LogP contribution is 2.14. The molecule has 0 atom stereocenters. The number of furan rings is 1. The molecule has 0 bridgehead atoms. The molecule has 0 saturated heterocycles. The Hall–Kier alpha value is -2.60. The zero-order valence-corrected chi connectivity index (χ0v) is 13.2. The van der Waals surface area contributed by atoms with Crippen molar-refractivity contribution in [2.24, 2.45) is 0 Å². The van der Waals surface area contributed by atoms with Crippen LogP contribution in [0.15, 0.2) is 47.1 Å². The van der Waals surface area contributed by atoms with Crippen LogP contribution in [0.5, 0.6) is 0 Å². The van der Waals surface area contributed by atoms with Crippen LogP contribution in [0, 0.1) is 0 Å². The second-order valence-corrected chi connectivity index (χ2v) is 5.06. The third-order valence-corrected chi connectivity index (χ3v) is 3.23. The van der Waals surface area contributed by atoms with E-state index in [-0.39, 0.29) is 11.8 Å². The second kappa shape index (κ2) is 8.14.